The lowest BCUT2D eigenvalue weighted by atomic mass is 9.94. The van der Waals surface area contributed by atoms with E-state index in [9.17, 15) is 9.59 Å². The molecule has 6 nitrogen and oxygen atoms in total. The molecule has 1 N–H and O–H groups in total. The number of carbonyl (C=O) groups excluding carboxylic acids is 1. The van der Waals surface area contributed by atoms with Crippen LogP contribution >= 0.6 is 0 Å². The van der Waals surface area contributed by atoms with E-state index in [0.29, 0.717) is 18.3 Å². The lowest BCUT2D eigenvalue weighted by Crippen LogP contribution is -2.53. The second-order valence-corrected chi connectivity index (χ2v) is 6.76. The molecule has 2 fully saturated rings. The van der Waals surface area contributed by atoms with Crippen LogP contribution in [-0.2, 0) is 6.54 Å². The first-order valence-electron chi connectivity index (χ1n) is 9.18. The molecule has 1 aliphatic heterocycles. The number of amides is 2. The average molecular weight is 332 g/mol. The molecular weight excluding hydrogens is 304 g/mol. The van der Waals surface area contributed by atoms with Gasteiger partial charge in [-0.15, -0.1) is 0 Å². The molecule has 132 valence electrons. The highest BCUT2D eigenvalue weighted by atomic mass is 16.2. The maximum atomic E-state index is 12.5. The first-order chi connectivity index (χ1) is 11.7. The average Bonchev–Trinajstić information content (AvgIpc) is 2.64. The lowest BCUT2D eigenvalue weighted by Gasteiger charge is -2.40. The van der Waals surface area contributed by atoms with Gasteiger partial charge < -0.3 is 14.8 Å². The molecule has 0 bridgehead atoms. The molecular formula is C18H28N4O2. The van der Waals surface area contributed by atoms with Gasteiger partial charge in [-0.2, -0.15) is 0 Å². The summed E-state index contributed by atoms with van der Waals surface area (Å²) in [7, 11) is 0. The summed E-state index contributed by atoms with van der Waals surface area (Å²) < 4.78 is 1.59. The van der Waals surface area contributed by atoms with Gasteiger partial charge in [0.15, 0.2) is 0 Å². The molecule has 2 aliphatic rings. The molecule has 6 heteroatoms. The Balaban J connectivity index is 1.55. The minimum atomic E-state index is -0.163. The highest BCUT2D eigenvalue weighted by Crippen LogP contribution is 2.23. The van der Waals surface area contributed by atoms with Crippen LogP contribution < -0.4 is 10.9 Å². The zero-order chi connectivity index (χ0) is 16.9. The second kappa shape index (κ2) is 7.83. The maximum absolute atomic E-state index is 12.5. The van der Waals surface area contributed by atoms with Crippen LogP contribution in [0, 0.1) is 0 Å². The fourth-order valence-corrected chi connectivity index (χ4v) is 3.81. The highest BCUT2D eigenvalue weighted by Gasteiger charge is 2.27. The number of piperazine rings is 1. The molecule has 1 saturated heterocycles. The van der Waals surface area contributed by atoms with Crippen molar-refractivity contribution in [2.45, 2.75) is 51.6 Å². The summed E-state index contributed by atoms with van der Waals surface area (Å²) in [4.78, 5) is 29.0. The van der Waals surface area contributed by atoms with E-state index in [0.717, 1.165) is 26.2 Å². The summed E-state index contributed by atoms with van der Waals surface area (Å²) in [6.07, 6.45) is 8.37. The Morgan fingerprint density at radius 3 is 2.54 bits per heavy atom. The van der Waals surface area contributed by atoms with Crippen molar-refractivity contribution in [2.75, 3.05) is 31.5 Å². The summed E-state index contributed by atoms with van der Waals surface area (Å²) in [6.45, 7) is 5.85. The van der Waals surface area contributed by atoms with Crippen molar-refractivity contribution in [1.29, 1.82) is 0 Å². The third kappa shape index (κ3) is 3.80. The van der Waals surface area contributed by atoms with Crippen LogP contribution in [0.25, 0.3) is 0 Å². The summed E-state index contributed by atoms with van der Waals surface area (Å²) in [6, 6.07) is 4.01. The molecule has 24 heavy (non-hydrogen) atoms. The highest BCUT2D eigenvalue weighted by molar-refractivity contribution is 5.89. The van der Waals surface area contributed by atoms with E-state index >= 15 is 0 Å². The summed E-state index contributed by atoms with van der Waals surface area (Å²) in [5.74, 6) is 0. The molecule has 1 aromatic rings. The van der Waals surface area contributed by atoms with E-state index in [1.807, 2.05) is 11.8 Å². The molecule has 1 aliphatic carbocycles. The van der Waals surface area contributed by atoms with Crippen molar-refractivity contribution in [1.82, 2.24) is 14.4 Å². The molecule has 0 unspecified atom stereocenters. The van der Waals surface area contributed by atoms with Crippen molar-refractivity contribution in [3.8, 4) is 0 Å². The quantitative estimate of drug-likeness (QED) is 0.924. The largest absolute Gasteiger partial charge is 0.322 e. The van der Waals surface area contributed by atoms with Crippen molar-refractivity contribution >= 4 is 11.7 Å². The fourth-order valence-electron chi connectivity index (χ4n) is 3.81. The smallest absolute Gasteiger partial charge is 0.322 e. The van der Waals surface area contributed by atoms with E-state index in [4.69, 9.17) is 0 Å². The van der Waals surface area contributed by atoms with Gasteiger partial charge in [-0.3, -0.25) is 9.69 Å². The van der Waals surface area contributed by atoms with Crippen LogP contribution in [0.5, 0.6) is 0 Å². The molecule has 0 spiro atoms. The topological polar surface area (TPSA) is 57.6 Å². The zero-order valence-corrected chi connectivity index (χ0v) is 14.5. The maximum Gasteiger partial charge on any atom is 0.322 e. The Morgan fingerprint density at radius 1 is 1.17 bits per heavy atom. The third-order valence-electron chi connectivity index (χ3n) is 5.30. The van der Waals surface area contributed by atoms with Gasteiger partial charge in [-0.05, 0) is 31.9 Å². The van der Waals surface area contributed by atoms with Gasteiger partial charge in [0.1, 0.15) is 5.69 Å². The Morgan fingerprint density at radius 2 is 1.88 bits per heavy atom. The number of carbonyl (C=O) groups is 1. The van der Waals surface area contributed by atoms with E-state index in [1.54, 1.807) is 22.9 Å². The number of aromatic nitrogens is 1. The molecule has 0 radical (unpaired) electrons. The number of hydrogen-bond acceptors (Lipinski definition) is 3. The van der Waals surface area contributed by atoms with E-state index in [1.165, 1.54) is 32.1 Å². The molecule has 0 atom stereocenters. The Hall–Kier alpha value is -1.82. The van der Waals surface area contributed by atoms with Crippen LogP contribution in [0.4, 0.5) is 10.5 Å². The molecule has 3 rings (SSSR count). The van der Waals surface area contributed by atoms with Crippen molar-refractivity contribution in [3.05, 3.63) is 28.7 Å². The molecule has 0 aromatic carbocycles. The number of nitrogens with zero attached hydrogens (tertiary/aromatic N) is 3. The summed E-state index contributed by atoms with van der Waals surface area (Å²) in [5.41, 5.74) is 0.216. The number of aryl methyl sites for hydroxylation is 1. The summed E-state index contributed by atoms with van der Waals surface area (Å²) >= 11 is 0. The van der Waals surface area contributed by atoms with Crippen LogP contribution in [0.2, 0.25) is 0 Å². The van der Waals surface area contributed by atoms with Crippen molar-refractivity contribution in [3.63, 3.8) is 0 Å². The lowest BCUT2D eigenvalue weighted by molar-refractivity contribution is 0.0943. The number of nitrogens with one attached hydrogen (secondary N) is 1. The molecule has 2 amide bonds. The van der Waals surface area contributed by atoms with Crippen molar-refractivity contribution in [2.24, 2.45) is 0 Å². The minimum absolute atomic E-state index is 0.144. The first-order valence-corrected chi connectivity index (χ1v) is 9.18. The Labute approximate surface area is 143 Å². The fraction of sp³-hybridized carbons (Fsp3) is 0.667. The van der Waals surface area contributed by atoms with E-state index in [-0.39, 0.29) is 11.6 Å². The third-order valence-corrected chi connectivity index (χ3v) is 5.30. The molecule has 1 saturated carbocycles. The SMILES string of the molecule is CCn1cccc(NC(=O)N2CCN(C3CCCCC3)CC2)c1=O. The molecule has 1 aromatic heterocycles. The Bertz CT molecular complexity index is 614. The van der Waals surface area contributed by atoms with E-state index in [2.05, 4.69) is 10.2 Å². The van der Waals surface area contributed by atoms with Crippen molar-refractivity contribution < 1.29 is 4.79 Å². The summed E-state index contributed by atoms with van der Waals surface area (Å²) in [5, 5.41) is 2.78. The van der Waals surface area contributed by atoms with Gasteiger partial charge in [0, 0.05) is 45.0 Å². The van der Waals surface area contributed by atoms with Crippen LogP contribution in [0.1, 0.15) is 39.0 Å². The van der Waals surface area contributed by atoms with Gasteiger partial charge in [0.25, 0.3) is 5.56 Å². The number of pyridine rings is 1. The monoisotopic (exact) mass is 332 g/mol. The predicted molar refractivity (Wildman–Crippen MR) is 95.4 cm³/mol. The van der Waals surface area contributed by atoms with Gasteiger partial charge in [-0.25, -0.2) is 4.79 Å². The number of hydrogen-bond donors (Lipinski definition) is 1. The zero-order valence-electron chi connectivity index (χ0n) is 14.5. The van der Waals surface area contributed by atoms with Gasteiger partial charge in [-0.1, -0.05) is 19.3 Å². The van der Waals surface area contributed by atoms with E-state index < -0.39 is 0 Å². The predicted octanol–water partition coefficient (Wildman–Crippen LogP) is 2.35. The number of urea groups is 1. The number of rotatable bonds is 3. The Kier molecular flexibility index (Phi) is 5.56. The normalized spacial score (nSPS) is 20.1. The van der Waals surface area contributed by atoms with Crippen LogP contribution in [-0.4, -0.2) is 52.6 Å². The van der Waals surface area contributed by atoms with Gasteiger partial charge in [0.05, 0.1) is 0 Å². The first kappa shape index (κ1) is 17.0. The minimum Gasteiger partial charge on any atom is -0.322 e. The number of anilines is 1. The molecule has 2 heterocycles. The van der Waals surface area contributed by atoms with Crippen LogP contribution in [0.3, 0.4) is 0 Å². The van der Waals surface area contributed by atoms with Gasteiger partial charge >= 0.3 is 6.03 Å². The van der Waals surface area contributed by atoms with Gasteiger partial charge in [0.2, 0.25) is 0 Å². The standard InChI is InChI=1S/C18H28N4O2/c1-2-20-10-6-9-16(17(20)23)19-18(24)22-13-11-21(12-14-22)15-7-4-3-5-8-15/h6,9-10,15H,2-5,7-8,11-14H2,1H3,(H,19,24). The van der Waals surface area contributed by atoms with Crippen LogP contribution in [0.15, 0.2) is 23.1 Å². The second-order valence-electron chi connectivity index (χ2n) is 6.76.